The molecule has 0 fully saturated rings. The van der Waals surface area contributed by atoms with Gasteiger partial charge in [0, 0.05) is 5.69 Å². The number of anilines is 1. The molecule has 0 saturated carbocycles. The van der Waals surface area contributed by atoms with E-state index in [0.717, 1.165) is 28.7 Å². The van der Waals surface area contributed by atoms with Crippen molar-refractivity contribution in [1.29, 1.82) is 0 Å². The smallest absolute Gasteiger partial charge is 0.348 e. The molecule has 2 amide bonds. The number of benzene rings is 2. The maximum atomic E-state index is 13.8. The van der Waals surface area contributed by atoms with Crippen molar-refractivity contribution in [1.82, 2.24) is 20.1 Å². The second-order valence-electron chi connectivity index (χ2n) is 9.60. The molecule has 14 heteroatoms. The van der Waals surface area contributed by atoms with Crippen molar-refractivity contribution < 1.29 is 33.0 Å². The van der Waals surface area contributed by atoms with Crippen LogP contribution >= 0.6 is 23.1 Å². The van der Waals surface area contributed by atoms with Gasteiger partial charge in [0.05, 0.1) is 37.0 Å². The summed E-state index contributed by atoms with van der Waals surface area (Å²) >= 11 is 2.00. The highest BCUT2D eigenvalue weighted by molar-refractivity contribution is 8.00. The number of nitrogens with zero attached hydrogens (tertiary/aromatic N) is 3. The van der Waals surface area contributed by atoms with Gasteiger partial charge in [0.25, 0.3) is 0 Å². The Bertz CT molecular complexity index is 1670. The van der Waals surface area contributed by atoms with Gasteiger partial charge in [-0.1, -0.05) is 42.1 Å². The minimum absolute atomic E-state index is 0.0329. The average Bonchev–Trinajstić information content (AvgIpc) is 3.57. The zero-order valence-electron chi connectivity index (χ0n) is 25.1. The van der Waals surface area contributed by atoms with E-state index in [2.05, 4.69) is 20.8 Å². The number of ether oxygens (including phenoxy) is 2. The van der Waals surface area contributed by atoms with Crippen molar-refractivity contribution in [2.45, 2.75) is 51.1 Å². The highest BCUT2D eigenvalue weighted by Crippen LogP contribution is 2.35. The van der Waals surface area contributed by atoms with Gasteiger partial charge in [0.1, 0.15) is 15.7 Å². The zero-order chi connectivity index (χ0) is 32.5. The van der Waals surface area contributed by atoms with E-state index in [4.69, 9.17) is 9.47 Å². The molecule has 0 bridgehead atoms. The van der Waals surface area contributed by atoms with Crippen LogP contribution in [0.4, 0.5) is 9.39 Å². The molecule has 1 atom stereocenters. The van der Waals surface area contributed by atoms with E-state index in [1.54, 1.807) is 44.4 Å². The van der Waals surface area contributed by atoms with Gasteiger partial charge in [0.15, 0.2) is 11.0 Å². The summed E-state index contributed by atoms with van der Waals surface area (Å²) in [6.45, 7) is 6.85. The first-order valence-corrected chi connectivity index (χ1v) is 15.8. The van der Waals surface area contributed by atoms with Gasteiger partial charge in [-0.2, -0.15) is 0 Å². The highest BCUT2D eigenvalue weighted by atomic mass is 32.2. The summed E-state index contributed by atoms with van der Waals surface area (Å²) in [5.41, 5.74) is 1.81. The summed E-state index contributed by atoms with van der Waals surface area (Å²) in [6, 6.07) is 14.9. The van der Waals surface area contributed by atoms with Crippen molar-refractivity contribution >= 4 is 51.9 Å². The van der Waals surface area contributed by atoms with Crippen LogP contribution in [0.25, 0.3) is 5.69 Å². The number of nitrogens with one attached hydrogen (secondary N) is 2. The quantitative estimate of drug-likeness (QED) is 0.149. The summed E-state index contributed by atoms with van der Waals surface area (Å²) < 4.78 is 25.7. The number of hydrogen-bond acceptors (Lipinski definition) is 10. The Morgan fingerprint density at radius 1 is 0.978 bits per heavy atom. The third-order valence-corrected chi connectivity index (χ3v) is 8.64. The maximum absolute atomic E-state index is 13.8. The highest BCUT2D eigenvalue weighted by Gasteiger charge is 2.29. The molecule has 0 unspecified atom stereocenters. The number of hydrogen-bond donors (Lipinski definition) is 2. The number of thioether (sulfide) groups is 1. The molecule has 4 aromatic rings. The van der Waals surface area contributed by atoms with Crippen LogP contribution in [0.3, 0.4) is 0 Å². The minimum atomic E-state index is -0.766. The second kappa shape index (κ2) is 15.4. The minimum Gasteiger partial charge on any atom is -0.462 e. The first-order chi connectivity index (χ1) is 21.6. The van der Waals surface area contributed by atoms with Gasteiger partial charge in [-0.15, -0.1) is 21.5 Å². The van der Waals surface area contributed by atoms with E-state index < -0.39 is 28.9 Å². The van der Waals surface area contributed by atoms with E-state index in [-0.39, 0.29) is 47.5 Å². The molecule has 236 valence electrons. The fourth-order valence-corrected chi connectivity index (χ4v) is 6.21. The Morgan fingerprint density at radius 3 is 2.31 bits per heavy atom. The maximum Gasteiger partial charge on any atom is 0.348 e. The van der Waals surface area contributed by atoms with E-state index in [1.807, 2.05) is 30.3 Å². The van der Waals surface area contributed by atoms with E-state index in [1.165, 1.54) is 12.1 Å². The normalized spacial score (nSPS) is 11.5. The fraction of sp³-hybridized carbons (Fsp3) is 0.290. The molecule has 0 saturated heterocycles. The second-order valence-corrected chi connectivity index (χ2v) is 11.9. The molecule has 2 aromatic heterocycles. The van der Waals surface area contributed by atoms with Gasteiger partial charge in [0.2, 0.25) is 11.8 Å². The number of rotatable bonds is 13. The number of carbonyl (C=O) groups is 4. The largest absolute Gasteiger partial charge is 0.462 e. The first-order valence-electron chi connectivity index (χ1n) is 14.1. The number of amides is 2. The lowest BCUT2D eigenvalue weighted by Gasteiger charge is -2.14. The average molecular weight is 654 g/mol. The molecule has 11 nitrogen and oxygen atoms in total. The van der Waals surface area contributed by atoms with Gasteiger partial charge in [-0.25, -0.2) is 14.0 Å². The Hall–Kier alpha value is -4.56. The van der Waals surface area contributed by atoms with Crippen LogP contribution in [0.5, 0.6) is 0 Å². The Kier molecular flexibility index (Phi) is 11.4. The predicted octanol–water partition coefficient (Wildman–Crippen LogP) is 5.11. The first kappa shape index (κ1) is 33.3. The number of esters is 2. The number of carbonyl (C=O) groups excluding carboxylic acids is 4. The third-order valence-electron chi connectivity index (χ3n) is 6.41. The summed E-state index contributed by atoms with van der Waals surface area (Å²) in [4.78, 5) is 51.5. The predicted molar refractivity (Wildman–Crippen MR) is 168 cm³/mol. The van der Waals surface area contributed by atoms with Gasteiger partial charge >= 0.3 is 11.9 Å². The van der Waals surface area contributed by atoms with Crippen molar-refractivity contribution in [3.8, 4) is 5.69 Å². The molecule has 45 heavy (non-hydrogen) atoms. The lowest BCUT2D eigenvalue weighted by molar-refractivity contribution is -0.120. The van der Waals surface area contributed by atoms with Crippen molar-refractivity contribution in [2.75, 3.05) is 18.5 Å². The van der Waals surface area contributed by atoms with E-state index >= 15 is 0 Å². The van der Waals surface area contributed by atoms with Gasteiger partial charge < -0.3 is 20.1 Å². The van der Waals surface area contributed by atoms with Crippen LogP contribution in [0.1, 0.15) is 57.8 Å². The molecule has 0 aliphatic carbocycles. The number of aromatic nitrogens is 3. The lowest BCUT2D eigenvalue weighted by Crippen LogP contribution is -2.26. The van der Waals surface area contributed by atoms with Gasteiger partial charge in [-0.05, 0) is 63.1 Å². The fourth-order valence-electron chi connectivity index (χ4n) is 4.23. The van der Waals surface area contributed by atoms with Crippen LogP contribution in [-0.2, 0) is 32.0 Å². The van der Waals surface area contributed by atoms with Crippen LogP contribution in [0.2, 0.25) is 0 Å². The summed E-state index contributed by atoms with van der Waals surface area (Å²) in [5, 5.41) is 13.8. The SMILES string of the molecule is CCOC(=O)c1sc(NC(=O)[C@@H](C)Sc2nnc(CNC(=O)Cc3ccccc3)n2-c2ccc(F)cc2)c(C(=O)OCC)c1C. The third kappa shape index (κ3) is 8.34. The summed E-state index contributed by atoms with van der Waals surface area (Å²) in [6.07, 6.45) is 0.179. The molecule has 4 rings (SSSR count). The topological polar surface area (TPSA) is 142 Å². The van der Waals surface area contributed by atoms with Crippen molar-refractivity contribution in [2.24, 2.45) is 0 Å². The van der Waals surface area contributed by atoms with Crippen LogP contribution in [0, 0.1) is 12.7 Å². The Morgan fingerprint density at radius 2 is 1.64 bits per heavy atom. The summed E-state index contributed by atoms with van der Waals surface area (Å²) in [7, 11) is 0. The molecule has 0 spiro atoms. The summed E-state index contributed by atoms with van der Waals surface area (Å²) in [5.74, 6) is -2.04. The van der Waals surface area contributed by atoms with Crippen molar-refractivity contribution in [3.63, 3.8) is 0 Å². The lowest BCUT2D eigenvalue weighted by atomic mass is 10.1. The van der Waals surface area contributed by atoms with Crippen molar-refractivity contribution in [3.05, 3.63) is 87.8 Å². The molecule has 0 radical (unpaired) electrons. The van der Waals surface area contributed by atoms with Crippen LogP contribution in [0.15, 0.2) is 59.8 Å². The Balaban J connectivity index is 1.55. The monoisotopic (exact) mass is 653 g/mol. The molecule has 0 aliphatic rings. The van der Waals surface area contributed by atoms with E-state index in [0.29, 0.717) is 22.2 Å². The molecule has 2 heterocycles. The molecular formula is C31H32FN5O6S2. The molecule has 2 aromatic carbocycles. The van der Waals surface area contributed by atoms with Gasteiger partial charge in [-0.3, -0.25) is 14.2 Å². The molecule has 0 aliphatic heterocycles. The van der Waals surface area contributed by atoms with E-state index in [9.17, 15) is 23.6 Å². The standard InChI is InChI=1S/C31H32FN5O6S2/c1-5-42-29(40)25-18(3)26(30(41)43-6-2)45-28(25)34-27(39)19(4)44-31-36-35-23(37(31)22-14-12-21(32)13-15-22)17-33-24(38)16-20-10-8-7-9-11-20/h7-15,19H,5-6,16-17H2,1-4H3,(H,33,38)(H,34,39)/t19-/m1/s1. The Labute approximate surface area is 267 Å². The number of halogens is 1. The zero-order valence-corrected chi connectivity index (χ0v) is 26.7. The molecular weight excluding hydrogens is 622 g/mol. The van der Waals surface area contributed by atoms with Crippen LogP contribution in [-0.4, -0.2) is 57.0 Å². The number of thiophene rings is 1. The van der Waals surface area contributed by atoms with Crippen LogP contribution < -0.4 is 10.6 Å². The molecule has 2 N–H and O–H groups in total.